The van der Waals surface area contributed by atoms with E-state index in [1.807, 2.05) is 24.3 Å². The highest BCUT2D eigenvalue weighted by Crippen LogP contribution is 2.41. The molecule has 0 unspecified atom stereocenters. The van der Waals surface area contributed by atoms with Crippen molar-refractivity contribution in [3.63, 3.8) is 0 Å². The van der Waals surface area contributed by atoms with Crippen molar-refractivity contribution in [2.24, 2.45) is 0 Å². The Balaban J connectivity index is 1.67. The van der Waals surface area contributed by atoms with Crippen LogP contribution in [0, 0.1) is 0 Å². The van der Waals surface area contributed by atoms with Crippen molar-refractivity contribution in [3.8, 4) is 5.75 Å². The first-order valence-corrected chi connectivity index (χ1v) is 8.46. The average Bonchev–Trinajstić information content (AvgIpc) is 3.09. The molecule has 2 aromatic carbocycles. The smallest absolute Gasteiger partial charge is 0.356 e. The molecular weight excluding hydrogens is 346 g/mol. The van der Waals surface area contributed by atoms with Crippen molar-refractivity contribution in [1.29, 1.82) is 0 Å². The van der Waals surface area contributed by atoms with E-state index in [4.69, 9.17) is 16.3 Å². The summed E-state index contributed by atoms with van der Waals surface area (Å²) in [6.07, 6.45) is 1.04. The van der Waals surface area contributed by atoms with Crippen LogP contribution in [0.15, 0.2) is 54.2 Å². The number of hydrogen-bond donors (Lipinski definition) is 2. The molecule has 1 fully saturated rings. The molecule has 4 nitrogen and oxygen atoms in total. The van der Waals surface area contributed by atoms with Gasteiger partial charge in [-0.05, 0) is 29.8 Å². The third kappa shape index (κ3) is 2.62. The minimum atomic E-state index is -0.606. The third-order valence-corrected chi connectivity index (χ3v) is 5.44. The number of carbonyl (C=O) groups excluding carboxylic acids is 1. The minimum absolute atomic E-state index is 0.139. The Morgan fingerprint density at radius 1 is 1.21 bits per heavy atom. The van der Waals surface area contributed by atoms with Gasteiger partial charge in [0.05, 0.1) is 9.90 Å². The molecule has 1 aromatic heterocycles. The first-order chi connectivity index (χ1) is 11.6. The Kier molecular flexibility index (Phi) is 3.67. The summed E-state index contributed by atoms with van der Waals surface area (Å²) in [6.45, 7) is 0. The second-order valence-corrected chi connectivity index (χ2v) is 6.82. The largest absolute Gasteiger partial charge is 0.508 e. The van der Waals surface area contributed by atoms with Gasteiger partial charge in [-0.3, -0.25) is 0 Å². The summed E-state index contributed by atoms with van der Waals surface area (Å²) in [5, 5.41) is 14.1. The predicted octanol–water partition coefficient (Wildman–Crippen LogP) is 4.45. The van der Waals surface area contributed by atoms with Crippen LogP contribution in [-0.4, -0.2) is 11.1 Å². The molecule has 3 aromatic rings. The van der Waals surface area contributed by atoms with Gasteiger partial charge in [-0.15, -0.1) is 11.3 Å². The van der Waals surface area contributed by atoms with Crippen LogP contribution in [0.4, 0.5) is 0 Å². The molecule has 4 rings (SSSR count). The lowest BCUT2D eigenvalue weighted by molar-refractivity contribution is -0.139. The lowest BCUT2D eigenvalue weighted by Crippen LogP contribution is -2.12. The van der Waals surface area contributed by atoms with Gasteiger partial charge >= 0.3 is 5.97 Å². The highest BCUT2D eigenvalue weighted by Gasteiger charge is 2.32. The zero-order chi connectivity index (χ0) is 16.7. The number of phenolic OH excluding ortho intramolecular Hbond substituents is 1. The molecule has 0 spiro atoms. The molecule has 120 valence electrons. The third-order valence-electron chi connectivity index (χ3n) is 3.71. The molecular formula is C18H12ClNO3S. The zero-order valence-corrected chi connectivity index (χ0v) is 13.9. The lowest BCUT2D eigenvalue weighted by Gasteiger charge is -2.07. The van der Waals surface area contributed by atoms with Crippen molar-refractivity contribution >= 4 is 45.1 Å². The molecule has 2 heterocycles. The van der Waals surface area contributed by atoms with Gasteiger partial charge in [0.1, 0.15) is 11.4 Å². The molecule has 0 amide bonds. The molecule has 1 aliphatic rings. The van der Waals surface area contributed by atoms with Crippen molar-refractivity contribution in [1.82, 2.24) is 5.32 Å². The van der Waals surface area contributed by atoms with Crippen molar-refractivity contribution in [2.75, 3.05) is 0 Å². The summed E-state index contributed by atoms with van der Waals surface area (Å²) in [7, 11) is 0. The maximum Gasteiger partial charge on any atom is 0.356 e. The molecule has 0 radical (unpaired) electrons. The monoisotopic (exact) mass is 357 g/mol. The Hall–Kier alpha value is -2.50. The van der Waals surface area contributed by atoms with E-state index in [2.05, 4.69) is 5.32 Å². The fraction of sp³-hybridized carbons (Fsp3) is 0.0556. The van der Waals surface area contributed by atoms with E-state index in [0.29, 0.717) is 16.3 Å². The van der Waals surface area contributed by atoms with Gasteiger partial charge in [0.25, 0.3) is 0 Å². The maximum atomic E-state index is 12.1. The minimum Gasteiger partial charge on any atom is -0.508 e. The van der Waals surface area contributed by atoms with E-state index >= 15 is 0 Å². The number of rotatable bonds is 2. The number of thiophene rings is 1. The van der Waals surface area contributed by atoms with Crippen LogP contribution in [0.5, 0.6) is 5.75 Å². The molecule has 6 heteroatoms. The van der Waals surface area contributed by atoms with Gasteiger partial charge in [-0.25, -0.2) is 4.79 Å². The zero-order valence-electron chi connectivity index (χ0n) is 12.3. The van der Waals surface area contributed by atoms with Gasteiger partial charge in [-0.1, -0.05) is 41.9 Å². The number of phenols is 1. The SMILES string of the molecule is O=C1O[C@@H](c2sc3ccccc3c2Cl)N/C1=C/c1cccc(O)c1. The van der Waals surface area contributed by atoms with E-state index < -0.39 is 12.2 Å². The number of hydrogen-bond acceptors (Lipinski definition) is 5. The van der Waals surface area contributed by atoms with Crippen LogP contribution in [-0.2, 0) is 9.53 Å². The number of cyclic esters (lactones) is 1. The summed E-state index contributed by atoms with van der Waals surface area (Å²) in [4.78, 5) is 12.9. The molecule has 0 aliphatic carbocycles. The van der Waals surface area contributed by atoms with Gasteiger partial charge in [0.2, 0.25) is 6.23 Å². The first-order valence-electron chi connectivity index (χ1n) is 7.27. The molecule has 24 heavy (non-hydrogen) atoms. The summed E-state index contributed by atoms with van der Waals surface area (Å²) >= 11 is 7.94. The molecule has 1 saturated heterocycles. The van der Waals surface area contributed by atoms with Crippen LogP contribution in [0.25, 0.3) is 16.2 Å². The number of halogens is 1. The lowest BCUT2D eigenvalue weighted by atomic mass is 10.2. The van der Waals surface area contributed by atoms with Crippen LogP contribution in [0.1, 0.15) is 16.7 Å². The molecule has 1 aliphatic heterocycles. The quantitative estimate of drug-likeness (QED) is 0.525. The van der Waals surface area contributed by atoms with E-state index in [1.54, 1.807) is 30.3 Å². The number of benzene rings is 2. The summed E-state index contributed by atoms with van der Waals surface area (Å²) in [5.41, 5.74) is 1.04. The van der Waals surface area contributed by atoms with Crippen molar-refractivity contribution < 1.29 is 14.6 Å². The summed E-state index contributed by atoms with van der Waals surface area (Å²) < 4.78 is 6.46. The highest BCUT2D eigenvalue weighted by molar-refractivity contribution is 7.19. The fourth-order valence-electron chi connectivity index (χ4n) is 2.60. The fourth-order valence-corrected chi connectivity index (χ4v) is 4.12. The van der Waals surface area contributed by atoms with Crippen LogP contribution >= 0.6 is 22.9 Å². The highest BCUT2D eigenvalue weighted by atomic mass is 35.5. The van der Waals surface area contributed by atoms with Crippen molar-refractivity contribution in [3.05, 3.63) is 69.7 Å². The van der Waals surface area contributed by atoms with E-state index in [0.717, 1.165) is 15.0 Å². The van der Waals surface area contributed by atoms with Gasteiger partial charge in [0, 0.05) is 10.1 Å². The van der Waals surface area contributed by atoms with E-state index in [9.17, 15) is 9.90 Å². The number of aromatic hydroxyl groups is 1. The van der Waals surface area contributed by atoms with Crippen LogP contribution in [0.3, 0.4) is 0 Å². The van der Waals surface area contributed by atoms with Gasteiger partial charge in [-0.2, -0.15) is 0 Å². The number of esters is 1. The van der Waals surface area contributed by atoms with Crippen LogP contribution < -0.4 is 5.32 Å². The Bertz CT molecular complexity index is 979. The molecule has 0 saturated carbocycles. The Morgan fingerprint density at radius 3 is 2.83 bits per heavy atom. The topological polar surface area (TPSA) is 58.6 Å². The average molecular weight is 358 g/mol. The van der Waals surface area contributed by atoms with E-state index in [-0.39, 0.29) is 5.75 Å². The molecule has 0 bridgehead atoms. The summed E-state index contributed by atoms with van der Waals surface area (Å²) in [6, 6.07) is 14.4. The number of ether oxygens (including phenoxy) is 1. The second kappa shape index (κ2) is 5.85. The predicted molar refractivity (Wildman–Crippen MR) is 94.9 cm³/mol. The summed E-state index contributed by atoms with van der Waals surface area (Å²) in [5.74, 6) is -0.309. The number of carbonyl (C=O) groups is 1. The van der Waals surface area contributed by atoms with E-state index in [1.165, 1.54) is 11.3 Å². The van der Waals surface area contributed by atoms with Crippen LogP contribution in [0.2, 0.25) is 5.02 Å². The van der Waals surface area contributed by atoms with Gasteiger partial charge in [0.15, 0.2) is 0 Å². The number of fused-ring (bicyclic) bond motifs is 1. The number of nitrogens with one attached hydrogen (secondary N) is 1. The normalized spacial score (nSPS) is 18.8. The van der Waals surface area contributed by atoms with Crippen molar-refractivity contribution in [2.45, 2.75) is 6.23 Å². The Morgan fingerprint density at radius 2 is 2.04 bits per heavy atom. The second-order valence-electron chi connectivity index (χ2n) is 5.36. The first kappa shape index (κ1) is 15.1. The molecule has 2 N–H and O–H groups in total. The standard InChI is InChI=1S/C18H12ClNO3S/c19-15-12-6-1-2-7-14(12)24-16(15)17-20-13(18(22)23-17)9-10-4-3-5-11(21)8-10/h1-9,17,20-21H/b13-9+/t17-/m0/s1. The van der Waals surface area contributed by atoms with Gasteiger partial charge < -0.3 is 15.2 Å². The Labute approximate surface area is 146 Å². The maximum absolute atomic E-state index is 12.1. The molecule has 1 atom stereocenters.